The van der Waals surface area contributed by atoms with Crippen LogP contribution in [0.3, 0.4) is 0 Å². The van der Waals surface area contributed by atoms with Crippen molar-refractivity contribution in [2.45, 2.75) is 15.7 Å². The maximum Gasteiger partial charge on any atom is 0.215 e. The average molecular weight is 346 g/mol. The highest BCUT2D eigenvalue weighted by Gasteiger charge is 2.53. The van der Waals surface area contributed by atoms with Gasteiger partial charge in [0.2, 0.25) is 4.08 Å². The zero-order chi connectivity index (χ0) is 13.1. The lowest BCUT2D eigenvalue weighted by Crippen LogP contribution is -2.38. The third kappa shape index (κ3) is 2.72. The van der Waals surface area contributed by atoms with Crippen molar-refractivity contribution in [1.82, 2.24) is 0 Å². The number of hydrogen-bond acceptors (Lipinski definition) is 6. The Kier molecular flexibility index (Phi) is 6.37. The summed E-state index contributed by atoms with van der Waals surface area (Å²) in [5.74, 6) is -1.02. The van der Waals surface area contributed by atoms with Crippen LogP contribution >= 0.6 is 60.7 Å². The molecule has 0 amide bonds. The quantitative estimate of drug-likeness (QED) is 0.491. The summed E-state index contributed by atoms with van der Waals surface area (Å²) in [4.78, 5) is 10.3. The highest BCUT2D eigenvalue weighted by Crippen LogP contribution is 2.58. The Morgan fingerprint density at radius 2 is 1.65 bits per heavy atom. The number of carbonyl (C=O) groups is 1. The van der Waals surface area contributed by atoms with Gasteiger partial charge in [-0.25, -0.2) is 0 Å². The molecule has 17 heavy (non-hydrogen) atoms. The molecule has 0 heterocycles. The van der Waals surface area contributed by atoms with Gasteiger partial charge in [-0.3, -0.25) is 4.79 Å². The highest BCUT2D eigenvalue weighted by molar-refractivity contribution is 8.17. The van der Waals surface area contributed by atoms with E-state index in [1.165, 1.54) is 0 Å². The van der Waals surface area contributed by atoms with Crippen molar-refractivity contribution in [1.29, 1.82) is 0 Å². The lowest BCUT2D eigenvalue weighted by molar-refractivity contribution is -0.118. The number of Topliss-reactive ketones (excluding diaryl/α,β-unsaturated/α-hetero) is 1. The highest BCUT2D eigenvalue weighted by atomic mass is 32.2. The predicted molar refractivity (Wildman–Crippen MR) is 66.7 cm³/mol. The molecule has 1 atom stereocenters. The molecular formula is C6H3F5OS5. The van der Waals surface area contributed by atoms with Crippen LogP contribution in [0.25, 0.3) is 0 Å². The molecule has 0 aromatic rings. The van der Waals surface area contributed by atoms with Gasteiger partial charge in [0.25, 0.3) is 0 Å². The summed E-state index contributed by atoms with van der Waals surface area (Å²) >= 11 is -2.97. The largest absolute Gasteiger partial charge is 0.296 e. The van der Waals surface area contributed by atoms with Gasteiger partial charge in [0, 0.05) is 11.3 Å². The molecule has 0 aliphatic heterocycles. The second-order valence-electron chi connectivity index (χ2n) is 2.82. The molecule has 0 aromatic carbocycles. The Balaban J connectivity index is 3.35. The Morgan fingerprint density at radius 1 is 1.06 bits per heavy atom. The van der Waals surface area contributed by atoms with Crippen LogP contribution in [0.5, 0.6) is 0 Å². The van der Waals surface area contributed by atoms with Gasteiger partial charge >= 0.3 is 0 Å². The summed E-state index contributed by atoms with van der Waals surface area (Å²) < 4.78 is 60.8. The molecule has 0 radical (unpaired) electrons. The van der Waals surface area contributed by atoms with Crippen LogP contribution in [0.2, 0.25) is 0 Å². The van der Waals surface area contributed by atoms with Gasteiger partial charge in [0.15, 0.2) is 5.78 Å². The van der Waals surface area contributed by atoms with Crippen molar-refractivity contribution >= 4 is 66.5 Å². The second-order valence-corrected chi connectivity index (χ2v) is 6.52. The van der Waals surface area contributed by atoms with E-state index in [2.05, 4.69) is 0 Å². The lowest BCUT2D eigenvalue weighted by atomic mass is 10.0. The third-order valence-corrected chi connectivity index (χ3v) is 6.20. The van der Waals surface area contributed by atoms with E-state index in [-0.39, 0.29) is 12.1 Å². The molecule has 0 aromatic heterocycles. The van der Waals surface area contributed by atoms with E-state index in [1.54, 1.807) is 0 Å². The van der Waals surface area contributed by atoms with Crippen LogP contribution in [-0.4, -0.2) is 15.1 Å². The summed E-state index contributed by atoms with van der Waals surface area (Å²) in [6, 6.07) is 0. The van der Waals surface area contributed by atoms with E-state index >= 15 is 0 Å². The molecule has 1 unspecified atom stereocenters. The van der Waals surface area contributed by atoms with Crippen LogP contribution in [0, 0.1) is 0 Å². The van der Waals surface area contributed by atoms with E-state index in [0.29, 0.717) is 0 Å². The van der Waals surface area contributed by atoms with Gasteiger partial charge in [0.05, 0.1) is 70.9 Å². The third-order valence-electron chi connectivity index (χ3n) is 2.04. The van der Waals surface area contributed by atoms with E-state index in [9.17, 15) is 24.2 Å². The first-order chi connectivity index (χ1) is 8.11. The van der Waals surface area contributed by atoms with Gasteiger partial charge in [-0.15, -0.1) is 0 Å². The molecule has 1 nitrogen and oxygen atoms in total. The van der Waals surface area contributed by atoms with Gasteiger partial charge in [-0.2, -0.15) is 19.4 Å². The fourth-order valence-electron chi connectivity index (χ4n) is 1.24. The molecule has 0 bridgehead atoms. The number of rotatable bonds is 5. The smallest absolute Gasteiger partial charge is 0.215 e. The Hall–Kier alpha value is 0.810. The number of carbonyl (C=O) groups excluding carboxylic acids is 1. The summed E-state index contributed by atoms with van der Waals surface area (Å²) in [5.41, 5.74) is 0. The zero-order valence-electron chi connectivity index (χ0n) is 7.62. The average Bonchev–Trinajstić information content (AvgIpc) is 2.37. The summed E-state index contributed by atoms with van der Waals surface area (Å²) in [7, 11) is 0. The Bertz CT molecular complexity index is 333. The minimum atomic E-state index is -2.47. The molecular weight excluding hydrogens is 343 g/mol. The van der Waals surface area contributed by atoms with Gasteiger partial charge in [0.1, 0.15) is 0 Å². The van der Waals surface area contributed by atoms with Crippen LogP contribution < -0.4 is 0 Å². The van der Waals surface area contributed by atoms with E-state index < -0.39 is 79.9 Å². The molecule has 0 N–H and O–H groups in total. The van der Waals surface area contributed by atoms with Crippen molar-refractivity contribution in [3.63, 3.8) is 0 Å². The monoisotopic (exact) mass is 346 g/mol. The van der Waals surface area contributed by atoms with Crippen molar-refractivity contribution in [2.75, 3.05) is 0 Å². The second kappa shape index (κ2) is 6.83. The molecule has 0 saturated carbocycles. The summed E-state index contributed by atoms with van der Waals surface area (Å²) in [6.45, 7) is 0. The predicted octanol–water partition coefficient (Wildman–Crippen LogP) is 5.32. The fraction of sp³-hybridized carbons (Fsp3) is 0.500. The van der Waals surface area contributed by atoms with E-state index in [4.69, 9.17) is 0 Å². The summed E-state index contributed by atoms with van der Waals surface area (Å²) in [6.07, 6.45) is -0.592. The van der Waals surface area contributed by atoms with Gasteiger partial charge < -0.3 is 0 Å². The van der Waals surface area contributed by atoms with Gasteiger partial charge in [-0.1, -0.05) is 0 Å². The van der Waals surface area contributed by atoms with E-state index in [0.717, 1.165) is 0 Å². The molecule has 98 valence electrons. The maximum atomic E-state index is 12.8. The first kappa shape index (κ1) is 15.9. The molecule has 11 heteroatoms. The normalized spacial score (nSPS) is 24.3. The molecule has 0 fully saturated rings. The lowest BCUT2D eigenvalue weighted by Gasteiger charge is -2.31. The molecule has 1 rings (SSSR count). The summed E-state index contributed by atoms with van der Waals surface area (Å²) in [5, 5.41) is -1.26. The van der Waals surface area contributed by atoms with Crippen LogP contribution in [0.1, 0.15) is 6.42 Å². The number of halogens is 5. The van der Waals surface area contributed by atoms with Crippen LogP contribution in [0.4, 0.5) is 19.4 Å². The van der Waals surface area contributed by atoms with E-state index in [1.807, 2.05) is 0 Å². The van der Waals surface area contributed by atoms with Crippen molar-refractivity contribution < 1.29 is 24.2 Å². The molecule has 0 saturated heterocycles. The minimum absolute atomic E-state index is 0.360. The first-order valence-electron chi connectivity index (χ1n) is 3.83. The van der Waals surface area contributed by atoms with Crippen molar-refractivity contribution in [2.24, 2.45) is 0 Å². The molecule has 1 aliphatic carbocycles. The Morgan fingerprint density at radius 3 is 2.00 bits per heavy atom. The van der Waals surface area contributed by atoms with Crippen LogP contribution in [-0.2, 0) is 4.79 Å². The standard InChI is InChI=1S/C6H3F5OS5/c7-13-2-1-3(12)6(16-10,17-11)5(15-9)4(2)14-8/h2H,1H2. The van der Waals surface area contributed by atoms with Crippen LogP contribution in [0.15, 0.2) is 9.81 Å². The SMILES string of the molecule is O=C1CC(SF)C(SF)=C(SF)C1(SF)SF. The van der Waals surface area contributed by atoms with Gasteiger partial charge in [-0.05, 0) is 0 Å². The molecule has 0 spiro atoms. The number of ketones is 1. The number of hydrogen-bond donors (Lipinski definition) is 0. The van der Waals surface area contributed by atoms with Crippen molar-refractivity contribution in [3.8, 4) is 0 Å². The fourth-order valence-corrected chi connectivity index (χ4v) is 4.28. The first-order valence-corrected chi connectivity index (χ1v) is 7.48. The Labute approximate surface area is 116 Å². The minimum Gasteiger partial charge on any atom is -0.296 e. The molecule has 1 aliphatic rings. The zero-order valence-corrected chi connectivity index (χ0v) is 11.7. The topological polar surface area (TPSA) is 17.1 Å². The van der Waals surface area contributed by atoms with Crippen molar-refractivity contribution in [3.05, 3.63) is 9.81 Å². The maximum absolute atomic E-state index is 12.8.